The summed E-state index contributed by atoms with van der Waals surface area (Å²) in [6.45, 7) is 4.51. The van der Waals surface area contributed by atoms with Crippen LogP contribution in [0.25, 0.3) is 5.76 Å². The average molecular weight is 446 g/mol. The van der Waals surface area contributed by atoms with Crippen molar-refractivity contribution >= 4 is 17.5 Å². The molecule has 0 aliphatic heterocycles. The van der Waals surface area contributed by atoms with E-state index in [9.17, 15) is 14.7 Å². The number of aliphatic hydroxyl groups excluding tert-OH is 1. The molecule has 3 aromatic carbocycles. The zero-order valence-corrected chi connectivity index (χ0v) is 18.5. The molecule has 0 fully saturated rings. The summed E-state index contributed by atoms with van der Waals surface area (Å²) in [4.78, 5) is 22.6. The zero-order chi connectivity index (χ0) is 23.8. The molecule has 0 radical (unpaired) electrons. The van der Waals surface area contributed by atoms with Gasteiger partial charge in [-0.25, -0.2) is 4.79 Å². The number of carboxylic acids is 1. The predicted molar refractivity (Wildman–Crippen MR) is 125 cm³/mol. The predicted octanol–water partition coefficient (Wildman–Crippen LogP) is 5.52. The first kappa shape index (κ1) is 23.6. The highest BCUT2D eigenvalue weighted by molar-refractivity contribution is 6.38. The van der Waals surface area contributed by atoms with E-state index in [0.29, 0.717) is 18.4 Å². The lowest BCUT2D eigenvalue weighted by atomic mass is 9.97. The van der Waals surface area contributed by atoms with E-state index in [1.165, 1.54) is 0 Å². The number of ether oxygens (including phenoxy) is 2. The van der Waals surface area contributed by atoms with E-state index in [1.54, 1.807) is 12.1 Å². The topological polar surface area (TPSA) is 93.1 Å². The molecule has 0 aliphatic carbocycles. The molecule has 0 bridgehead atoms. The molecule has 0 saturated carbocycles. The fourth-order valence-corrected chi connectivity index (χ4v) is 3.21. The molecule has 2 N–H and O–H groups in total. The van der Waals surface area contributed by atoms with E-state index in [2.05, 4.69) is 0 Å². The SMILES string of the molecule is CC(C)c1cc(C(O)=CC(=O)C(=O)O)c(OCc2ccccc2)cc1OCc1ccccc1. The van der Waals surface area contributed by atoms with Crippen molar-refractivity contribution in [2.45, 2.75) is 33.0 Å². The summed E-state index contributed by atoms with van der Waals surface area (Å²) in [6.07, 6.45) is 0.682. The monoisotopic (exact) mass is 446 g/mol. The molecule has 0 unspecified atom stereocenters. The van der Waals surface area contributed by atoms with Crippen LogP contribution in [0.15, 0.2) is 78.9 Å². The third-order valence-electron chi connectivity index (χ3n) is 4.96. The van der Waals surface area contributed by atoms with Crippen molar-refractivity contribution in [3.63, 3.8) is 0 Å². The third kappa shape index (κ3) is 6.46. The molecule has 0 spiro atoms. The molecule has 0 aromatic heterocycles. The quantitative estimate of drug-likeness (QED) is 0.242. The average Bonchev–Trinajstić information content (AvgIpc) is 2.82. The van der Waals surface area contributed by atoms with Crippen molar-refractivity contribution in [2.24, 2.45) is 0 Å². The Morgan fingerprint density at radius 3 is 1.82 bits per heavy atom. The summed E-state index contributed by atoms with van der Waals surface area (Å²) in [5, 5.41) is 19.5. The fourth-order valence-electron chi connectivity index (χ4n) is 3.21. The van der Waals surface area contributed by atoms with Gasteiger partial charge in [-0.2, -0.15) is 0 Å². The van der Waals surface area contributed by atoms with Crippen molar-refractivity contribution in [3.8, 4) is 11.5 Å². The minimum atomic E-state index is -1.65. The van der Waals surface area contributed by atoms with Crippen LogP contribution in [-0.2, 0) is 22.8 Å². The van der Waals surface area contributed by atoms with E-state index in [4.69, 9.17) is 14.6 Å². The van der Waals surface area contributed by atoms with Crippen LogP contribution in [0.3, 0.4) is 0 Å². The smallest absolute Gasteiger partial charge is 0.376 e. The van der Waals surface area contributed by atoms with E-state index in [-0.39, 0.29) is 23.8 Å². The lowest BCUT2D eigenvalue weighted by molar-refractivity contribution is -0.146. The minimum absolute atomic E-state index is 0.0284. The van der Waals surface area contributed by atoms with Gasteiger partial charge in [0.2, 0.25) is 0 Å². The minimum Gasteiger partial charge on any atom is -0.507 e. The van der Waals surface area contributed by atoms with Gasteiger partial charge in [0.05, 0.1) is 5.56 Å². The van der Waals surface area contributed by atoms with Gasteiger partial charge in [-0.1, -0.05) is 74.5 Å². The molecule has 6 nitrogen and oxygen atoms in total. The summed E-state index contributed by atoms with van der Waals surface area (Å²) >= 11 is 0. The van der Waals surface area contributed by atoms with Gasteiger partial charge in [0, 0.05) is 12.1 Å². The molecule has 3 aromatic rings. The van der Waals surface area contributed by atoms with Gasteiger partial charge < -0.3 is 19.7 Å². The molecule has 33 heavy (non-hydrogen) atoms. The number of hydrogen-bond acceptors (Lipinski definition) is 5. The first-order chi connectivity index (χ1) is 15.8. The molecule has 0 atom stereocenters. The molecular weight excluding hydrogens is 420 g/mol. The Labute approximate surface area is 192 Å². The van der Waals surface area contributed by atoms with Gasteiger partial charge in [0.25, 0.3) is 5.78 Å². The molecular formula is C27H26O6. The third-order valence-corrected chi connectivity index (χ3v) is 4.96. The summed E-state index contributed by atoms with van der Waals surface area (Å²) in [6, 6.07) is 22.5. The summed E-state index contributed by atoms with van der Waals surface area (Å²) < 4.78 is 12.1. The van der Waals surface area contributed by atoms with Gasteiger partial charge in [0.1, 0.15) is 30.5 Å². The number of ketones is 1. The Balaban J connectivity index is 2.00. The van der Waals surface area contributed by atoms with Gasteiger partial charge in [0.15, 0.2) is 0 Å². The molecule has 170 valence electrons. The maximum absolute atomic E-state index is 11.7. The van der Waals surface area contributed by atoms with Crippen LogP contribution in [0.4, 0.5) is 0 Å². The maximum Gasteiger partial charge on any atom is 0.376 e. The van der Waals surface area contributed by atoms with Gasteiger partial charge in [-0.05, 0) is 28.7 Å². The van der Waals surface area contributed by atoms with Crippen LogP contribution in [0.1, 0.15) is 42.0 Å². The Morgan fingerprint density at radius 1 is 0.818 bits per heavy atom. The number of carbonyl (C=O) groups is 2. The highest BCUT2D eigenvalue weighted by atomic mass is 16.5. The first-order valence-corrected chi connectivity index (χ1v) is 10.5. The second-order valence-electron chi connectivity index (χ2n) is 7.79. The maximum atomic E-state index is 11.7. The standard InChI is InChI=1S/C27H26O6/c1-18(2)21-13-22(23(28)14-24(29)27(30)31)26(33-17-20-11-7-4-8-12-20)15-25(21)32-16-19-9-5-3-6-10-19/h3-15,18,28H,16-17H2,1-2H3,(H,30,31). The summed E-state index contributed by atoms with van der Waals surface area (Å²) in [5.41, 5.74) is 2.91. The lowest BCUT2D eigenvalue weighted by Crippen LogP contribution is -2.10. The van der Waals surface area contributed by atoms with Gasteiger partial charge in [-0.3, -0.25) is 4.79 Å². The summed E-state index contributed by atoms with van der Waals surface area (Å²) in [5.74, 6) is -2.48. The van der Waals surface area contributed by atoms with Crippen LogP contribution in [0, 0.1) is 0 Å². The highest BCUT2D eigenvalue weighted by Crippen LogP contribution is 2.37. The second-order valence-corrected chi connectivity index (χ2v) is 7.79. The highest BCUT2D eigenvalue weighted by Gasteiger charge is 2.19. The van der Waals surface area contributed by atoms with Gasteiger partial charge in [-0.15, -0.1) is 0 Å². The molecule has 0 aliphatic rings. The molecule has 0 saturated heterocycles. The number of hydrogen-bond donors (Lipinski definition) is 2. The molecule has 0 heterocycles. The fraction of sp³-hybridized carbons (Fsp3) is 0.185. The van der Waals surface area contributed by atoms with Crippen molar-refractivity contribution in [3.05, 3.63) is 101 Å². The molecule has 3 rings (SSSR count). The van der Waals surface area contributed by atoms with Crippen LogP contribution in [0.2, 0.25) is 0 Å². The van der Waals surface area contributed by atoms with Gasteiger partial charge >= 0.3 is 5.97 Å². The van der Waals surface area contributed by atoms with Crippen LogP contribution in [-0.4, -0.2) is 22.0 Å². The number of carbonyl (C=O) groups excluding carboxylic acids is 1. The Kier molecular flexibility index (Phi) is 7.86. The van der Waals surface area contributed by atoms with Crippen LogP contribution >= 0.6 is 0 Å². The number of benzene rings is 3. The Hall–Kier alpha value is -4.06. The normalized spacial score (nSPS) is 11.3. The van der Waals surface area contributed by atoms with Crippen LogP contribution < -0.4 is 9.47 Å². The second kappa shape index (κ2) is 11.0. The molecule has 0 amide bonds. The summed E-state index contributed by atoms with van der Waals surface area (Å²) in [7, 11) is 0. The van der Waals surface area contributed by atoms with Crippen molar-refractivity contribution in [1.82, 2.24) is 0 Å². The van der Waals surface area contributed by atoms with Crippen molar-refractivity contribution < 1.29 is 29.3 Å². The van der Waals surface area contributed by atoms with Crippen molar-refractivity contribution in [1.29, 1.82) is 0 Å². The van der Waals surface area contributed by atoms with E-state index < -0.39 is 17.5 Å². The number of aliphatic carboxylic acids is 1. The first-order valence-electron chi connectivity index (χ1n) is 10.5. The van der Waals surface area contributed by atoms with Crippen molar-refractivity contribution in [2.75, 3.05) is 0 Å². The number of aliphatic hydroxyl groups is 1. The number of rotatable bonds is 10. The molecule has 6 heteroatoms. The zero-order valence-electron chi connectivity index (χ0n) is 18.5. The van der Waals surface area contributed by atoms with E-state index in [0.717, 1.165) is 16.7 Å². The Bertz CT molecular complexity index is 1130. The van der Waals surface area contributed by atoms with Crippen LogP contribution in [0.5, 0.6) is 11.5 Å². The Morgan fingerprint density at radius 2 is 1.33 bits per heavy atom. The largest absolute Gasteiger partial charge is 0.507 e. The number of carboxylic acid groups (broad SMARTS) is 1. The van der Waals surface area contributed by atoms with E-state index >= 15 is 0 Å². The lowest BCUT2D eigenvalue weighted by Gasteiger charge is -2.19. The van der Waals surface area contributed by atoms with E-state index in [1.807, 2.05) is 74.5 Å².